The first-order valence-corrected chi connectivity index (χ1v) is 4.92. The Hall–Kier alpha value is -1.85. The van der Waals surface area contributed by atoms with Crippen molar-refractivity contribution in [1.82, 2.24) is 14.9 Å². The number of hydrogen-bond acceptors (Lipinski definition) is 3. The number of carboxylic acids is 1. The van der Waals surface area contributed by atoms with Gasteiger partial charge in [-0.25, -0.2) is 9.78 Å². The molecule has 6 heteroatoms. The maximum Gasteiger partial charge on any atom is 0.328 e. The van der Waals surface area contributed by atoms with Crippen LogP contribution < -0.4 is 5.32 Å². The number of aromatic nitrogens is 2. The van der Waals surface area contributed by atoms with Crippen molar-refractivity contribution in [2.45, 2.75) is 32.4 Å². The molecule has 1 rings (SSSR count). The van der Waals surface area contributed by atoms with Crippen molar-refractivity contribution < 1.29 is 14.7 Å². The average molecular weight is 225 g/mol. The van der Waals surface area contributed by atoms with Gasteiger partial charge in [0.05, 0.1) is 6.33 Å². The number of carboxylic acid groups (broad SMARTS) is 1. The minimum Gasteiger partial charge on any atom is -0.480 e. The molecule has 1 amide bonds. The average Bonchev–Trinajstić information content (AvgIpc) is 2.66. The van der Waals surface area contributed by atoms with Gasteiger partial charge in [-0.1, -0.05) is 0 Å². The van der Waals surface area contributed by atoms with Crippen LogP contribution in [-0.4, -0.2) is 32.1 Å². The summed E-state index contributed by atoms with van der Waals surface area (Å²) < 4.78 is 1.76. The molecular formula is C10H15N3O3. The lowest BCUT2D eigenvalue weighted by molar-refractivity contribution is -0.146. The molecule has 0 bridgehead atoms. The zero-order chi connectivity index (χ0) is 12.2. The second kappa shape index (κ2) is 4.78. The van der Waals surface area contributed by atoms with E-state index in [-0.39, 0.29) is 12.3 Å². The SMILES string of the molecule is CC(C)(NC(=O)CCn1ccnc1)C(=O)O. The van der Waals surface area contributed by atoms with E-state index in [1.807, 2.05) is 0 Å². The molecule has 0 fully saturated rings. The molecule has 16 heavy (non-hydrogen) atoms. The summed E-state index contributed by atoms with van der Waals surface area (Å²) in [6.45, 7) is 3.39. The highest BCUT2D eigenvalue weighted by Crippen LogP contribution is 2.02. The molecule has 0 aliphatic carbocycles. The van der Waals surface area contributed by atoms with Crippen LogP contribution in [0.2, 0.25) is 0 Å². The molecule has 1 heterocycles. The Labute approximate surface area is 93.3 Å². The van der Waals surface area contributed by atoms with Crippen molar-refractivity contribution >= 4 is 11.9 Å². The molecule has 0 saturated carbocycles. The van der Waals surface area contributed by atoms with Gasteiger partial charge in [-0.3, -0.25) is 4.79 Å². The van der Waals surface area contributed by atoms with E-state index in [9.17, 15) is 9.59 Å². The molecule has 0 aliphatic rings. The first-order valence-electron chi connectivity index (χ1n) is 4.92. The molecule has 0 aliphatic heterocycles. The standard InChI is InChI=1S/C10H15N3O3/c1-10(2,9(15)16)12-8(14)3-5-13-6-4-11-7-13/h4,6-7H,3,5H2,1-2H3,(H,12,14)(H,15,16). The van der Waals surface area contributed by atoms with E-state index < -0.39 is 11.5 Å². The van der Waals surface area contributed by atoms with Gasteiger partial charge in [0.15, 0.2) is 0 Å². The van der Waals surface area contributed by atoms with Gasteiger partial charge >= 0.3 is 5.97 Å². The quantitative estimate of drug-likeness (QED) is 0.752. The van der Waals surface area contributed by atoms with Crippen molar-refractivity contribution in [2.24, 2.45) is 0 Å². The van der Waals surface area contributed by atoms with Gasteiger partial charge in [0.25, 0.3) is 0 Å². The summed E-state index contributed by atoms with van der Waals surface area (Å²) in [4.78, 5) is 26.0. The summed E-state index contributed by atoms with van der Waals surface area (Å²) in [5.74, 6) is -1.34. The number of carbonyl (C=O) groups excluding carboxylic acids is 1. The summed E-state index contributed by atoms with van der Waals surface area (Å²) in [5.41, 5.74) is -1.23. The predicted octanol–water partition coefficient (Wildman–Crippen LogP) is 0.253. The number of imidazole rings is 1. The van der Waals surface area contributed by atoms with E-state index in [1.165, 1.54) is 13.8 Å². The normalized spacial score (nSPS) is 11.1. The second-order valence-electron chi connectivity index (χ2n) is 4.03. The third-order valence-corrected chi connectivity index (χ3v) is 2.14. The summed E-state index contributed by atoms with van der Waals surface area (Å²) in [7, 11) is 0. The number of aliphatic carboxylic acids is 1. The van der Waals surface area contributed by atoms with E-state index in [4.69, 9.17) is 5.11 Å². The zero-order valence-electron chi connectivity index (χ0n) is 9.30. The lowest BCUT2D eigenvalue weighted by atomic mass is 10.1. The monoisotopic (exact) mass is 225 g/mol. The van der Waals surface area contributed by atoms with E-state index in [0.717, 1.165) is 0 Å². The topological polar surface area (TPSA) is 84.2 Å². The highest BCUT2D eigenvalue weighted by molar-refractivity contribution is 5.86. The molecule has 0 atom stereocenters. The van der Waals surface area contributed by atoms with E-state index in [0.29, 0.717) is 6.54 Å². The van der Waals surface area contributed by atoms with Crippen LogP contribution in [0.15, 0.2) is 18.7 Å². The van der Waals surface area contributed by atoms with Gasteiger partial charge in [-0.15, -0.1) is 0 Å². The first-order chi connectivity index (χ1) is 7.42. The van der Waals surface area contributed by atoms with Crippen LogP contribution in [-0.2, 0) is 16.1 Å². The fourth-order valence-electron chi connectivity index (χ4n) is 1.11. The Morgan fingerprint density at radius 3 is 2.69 bits per heavy atom. The molecule has 1 aromatic rings. The van der Waals surface area contributed by atoms with Gasteiger partial charge in [-0.05, 0) is 13.8 Å². The molecule has 0 radical (unpaired) electrons. The Kier molecular flexibility index (Phi) is 3.65. The Morgan fingerprint density at radius 2 is 2.19 bits per heavy atom. The Balaban J connectivity index is 2.39. The predicted molar refractivity (Wildman–Crippen MR) is 56.7 cm³/mol. The highest BCUT2D eigenvalue weighted by atomic mass is 16.4. The fourth-order valence-corrected chi connectivity index (χ4v) is 1.11. The zero-order valence-corrected chi connectivity index (χ0v) is 9.30. The van der Waals surface area contributed by atoms with Crippen LogP contribution in [0.3, 0.4) is 0 Å². The lowest BCUT2D eigenvalue weighted by Gasteiger charge is -2.20. The van der Waals surface area contributed by atoms with Gasteiger partial charge in [0.1, 0.15) is 5.54 Å². The van der Waals surface area contributed by atoms with E-state index in [2.05, 4.69) is 10.3 Å². The second-order valence-corrected chi connectivity index (χ2v) is 4.03. The van der Waals surface area contributed by atoms with Gasteiger partial charge in [0, 0.05) is 25.4 Å². The molecular weight excluding hydrogens is 210 g/mol. The van der Waals surface area contributed by atoms with Crippen LogP contribution in [0.1, 0.15) is 20.3 Å². The molecule has 1 aromatic heterocycles. The van der Waals surface area contributed by atoms with Crippen molar-refractivity contribution in [2.75, 3.05) is 0 Å². The van der Waals surface area contributed by atoms with Crippen LogP contribution in [0.5, 0.6) is 0 Å². The van der Waals surface area contributed by atoms with Crippen molar-refractivity contribution in [3.63, 3.8) is 0 Å². The number of hydrogen-bond donors (Lipinski definition) is 2. The number of nitrogens with one attached hydrogen (secondary N) is 1. The summed E-state index contributed by atoms with van der Waals surface area (Å²) in [6, 6.07) is 0. The van der Waals surface area contributed by atoms with Crippen molar-refractivity contribution in [3.8, 4) is 0 Å². The summed E-state index contributed by atoms with van der Waals surface area (Å²) >= 11 is 0. The minimum atomic E-state index is -1.23. The maximum atomic E-state index is 11.5. The van der Waals surface area contributed by atoms with Gasteiger partial charge in [-0.2, -0.15) is 0 Å². The number of amides is 1. The highest BCUT2D eigenvalue weighted by Gasteiger charge is 2.28. The maximum absolute atomic E-state index is 11.5. The molecule has 88 valence electrons. The third-order valence-electron chi connectivity index (χ3n) is 2.14. The third kappa shape index (κ3) is 3.38. The van der Waals surface area contributed by atoms with Gasteiger partial charge in [0.2, 0.25) is 5.91 Å². The summed E-state index contributed by atoms with van der Waals surface area (Å²) in [5, 5.41) is 11.3. The molecule has 6 nitrogen and oxygen atoms in total. The van der Waals surface area contributed by atoms with Crippen LogP contribution >= 0.6 is 0 Å². The summed E-state index contributed by atoms with van der Waals surface area (Å²) in [6.07, 6.45) is 5.21. The van der Waals surface area contributed by atoms with Crippen molar-refractivity contribution in [1.29, 1.82) is 0 Å². The number of nitrogens with zero attached hydrogens (tertiary/aromatic N) is 2. The van der Waals surface area contributed by atoms with E-state index >= 15 is 0 Å². The first kappa shape index (κ1) is 12.2. The van der Waals surface area contributed by atoms with Crippen molar-refractivity contribution in [3.05, 3.63) is 18.7 Å². The minimum absolute atomic E-state index is 0.229. The Morgan fingerprint density at radius 1 is 1.50 bits per heavy atom. The number of rotatable bonds is 5. The van der Waals surface area contributed by atoms with Gasteiger partial charge < -0.3 is 15.0 Å². The molecule has 0 saturated heterocycles. The number of aryl methyl sites for hydroxylation is 1. The smallest absolute Gasteiger partial charge is 0.328 e. The molecule has 0 aromatic carbocycles. The number of carbonyl (C=O) groups is 2. The molecule has 0 unspecified atom stereocenters. The largest absolute Gasteiger partial charge is 0.480 e. The van der Waals surface area contributed by atoms with Crippen LogP contribution in [0.25, 0.3) is 0 Å². The fraction of sp³-hybridized carbons (Fsp3) is 0.500. The van der Waals surface area contributed by atoms with Crippen LogP contribution in [0, 0.1) is 0 Å². The van der Waals surface area contributed by atoms with Crippen LogP contribution in [0.4, 0.5) is 0 Å². The van der Waals surface area contributed by atoms with E-state index in [1.54, 1.807) is 23.3 Å². The molecule has 0 spiro atoms. The Bertz CT molecular complexity index is 371. The molecule has 2 N–H and O–H groups in total. The lowest BCUT2D eigenvalue weighted by Crippen LogP contribution is -2.49.